The summed E-state index contributed by atoms with van der Waals surface area (Å²) in [5.74, 6) is -0.464. The summed E-state index contributed by atoms with van der Waals surface area (Å²) in [6, 6.07) is 7.29. The molecule has 0 saturated carbocycles. The Morgan fingerprint density at radius 1 is 1.18 bits per heavy atom. The molecule has 114 valence electrons. The third-order valence-electron chi connectivity index (χ3n) is 2.80. The lowest BCUT2D eigenvalue weighted by Gasteiger charge is -2.02. The van der Waals surface area contributed by atoms with E-state index in [0.29, 0.717) is 15.3 Å². The van der Waals surface area contributed by atoms with Crippen molar-refractivity contribution in [2.45, 2.75) is 6.18 Å². The number of benzene rings is 1. The largest absolute Gasteiger partial charge is 0.496 e. The van der Waals surface area contributed by atoms with E-state index >= 15 is 0 Å². The van der Waals surface area contributed by atoms with Crippen molar-refractivity contribution < 1.29 is 17.9 Å². The average molecular weight is 326 g/mol. The minimum absolute atomic E-state index is 0.0898. The van der Waals surface area contributed by atoms with Gasteiger partial charge in [-0.15, -0.1) is 10.2 Å². The van der Waals surface area contributed by atoms with Gasteiger partial charge in [-0.05, 0) is 18.2 Å². The molecule has 3 aromatic rings. The summed E-state index contributed by atoms with van der Waals surface area (Å²) in [6.07, 6.45) is -1.26. The number of rotatable bonds is 3. The minimum Gasteiger partial charge on any atom is -0.496 e. The van der Waals surface area contributed by atoms with Crippen LogP contribution in [0.3, 0.4) is 0 Å². The summed E-state index contributed by atoms with van der Waals surface area (Å²) in [5, 5.41) is 10.9. The summed E-state index contributed by atoms with van der Waals surface area (Å²) in [7, 11) is 1.55. The Morgan fingerprint density at radius 2 is 1.95 bits per heavy atom. The van der Waals surface area contributed by atoms with Crippen molar-refractivity contribution >= 4 is 28.4 Å². The van der Waals surface area contributed by atoms with Gasteiger partial charge in [-0.3, -0.25) is 0 Å². The number of ether oxygens (including phenoxy) is 1. The maximum atomic E-state index is 12.7. The molecule has 0 fully saturated rings. The maximum absolute atomic E-state index is 12.7. The summed E-state index contributed by atoms with van der Waals surface area (Å²) < 4.78 is 44.0. The summed E-state index contributed by atoms with van der Waals surface area (Å²) in [5.41, 5.74) is 0.798. The number of para-hydroxylation sites is 1. The van der Waals surface area contributed by atoms with E-state index in [-0.39, 0.29) is 4.96 Å². The Labute approximate surface area is 126 Å². The topological polar surface area (TPSA) is 52.3 Å². The van der Waals surface area contributed by atoms with Crippen LogP contribution in [0.4, 0.5) is 13.2 Å². The molecule has 0 spiro atoms. The fraction of sp³-hybridized carbons (Fsp3) is 0.154. The number of alkyl halides is 3. The molecule has 0 bridgehead atoms. The molecule has 1 aromatic carbocycles. The predicted molar refractivity (Wildman–Crippen MR) is 75.6 cm³/mol. The number of hydrogen-bond acceptors (Lipinski definition) is 5. The van der Waals surface area contributed by atoms with Crippen molar-refractivity contribution in [3.05, 3.63) is 40.7 Å². The zero-order chi connectivity index (χ0) is 15.7. The SMILES string of the molecule is COc1ccccc1/C=C/c1nn2c(C(F)(F)F)nnc2s1. The Morgan fingerprint density at radius 3 is 2.68 bits per heavy atom. The first-order chi connectivity index (χ1) is 10.5. The maximum Gasteiger partial charge on any atom is 0.453 e. The zero-order valence-corrected chi connectivity index (χ0v) is 12.0. The Hall–Kier alpha value is -2.42. The molecule has 2 aromatic heterocycles. The molecule has 2 heterocycles. The van der Waals surface area contributed by atoms with Gasteiger partial charge in [-0.25, -0.2) is 0 Å². The van der Waals surface area contributed by atoms with E-state index in [1.54, 1.807) is 25.3 Å². The van der Waals surface area contributed by atoms with E-state index in [0.717, 1.165) is 16.9 Å². The summed E-state index contributed by atoms with van der Waals surface area (Å²) in [4.78, 5) is 0.0898. The minimum atomic E-state index is -4.59. The lowest BCUT2D eigenvalue weighted by molar-refractivity contribution is -0.146. The van der Waals surface area contributed by atoms with Crippen LogP contribution in [-0.4, -0.2) is 26.9 Å². The van der Waals surface area contributed by atoms with E-state index in [1.165, 1.54) is 0 Å². The molecule has 0 N–H and O–H groups in total. The van der Waals surface area contributed by atoms with E-state index in [9.17, 15) is 13.2 Å². The van der Waals surface area contributed by atoms with Gasteiger partial charge in [-0.1, -0.05) is 29.5 Å². The second-order valence-electron chi connectivity index (χ2n) is 4.23. The van der Waals surface area contributed by atoms with Gasteiger partial charge in [0.1, 0.15) is 10.8 Å². The van der Waals surface area contributed by atoms with Crippen LogP contribution in [0.25, 0.3) is 17.1 Å². The lowest BCUT2D eigenvalue weighted by atomic mass is 10.2. The Bertz CT molecular complexity index is 837. The molecule has 0 radical (unpaired) electrons. The first-order valence-corrected chi connectivity index (χ1v) is 6.91. The molecule has 9 heteroatoms. The van der Waals surface area contributed by atoms with E-state index < -0.39 is 12.0 Å². The number of hydrogen-bond donors (Lipinski definition) is 0. The highest BCUT2D eigenvalue weighted by Gasteiger charge is 2.38. The monoisotopic (exact) mass is 326 g/mol. The van der Waals surface area contributed by atoms with Crippen molar-refractivity contribution in [2.75, 3.05) is 7.11 Å². The van der Waals surface area contributed by atoms with Gasteiger partial charge in [0.2, 0.25) is 4.96 Å². The second kappa shape index (κ2) is 5.41. The van der Waals surface area contributed by atoms with Crippen LogP contribution in [-0.2, 0) is 6.18 Å². The molecule has 22 heavy (non-hydrogen) atoms. The van der Waals surface area contributed by atoms with Crippen LogP contribution < -0.4 is 4.74 Å². The second-order valence-corrected chi connectivity index (χ2v) is 5.22. The van der Waals surface area contributed by atoms with Crippen molar-refractivity contribution in [3.8, 4) is 5.75 Å². The van der Waals surface area contributed by atoms with Crippen molar-refractivity contribution in [2.24, 2.45) is 0 Å². The molecular weight excluding hydrogens is 317 g/mol. The van der Waals surface area contributed by atoms with E-state index in [2.05, 4.69) is 15.3 Å². The van der Waals surface area contributed by atoms with Gasteiger partial charge in [0.25, 0.3) is 5.82 Å². The number of nitrogens with zero attached hydrogens (tertiary/aromatic N) is 4. The smallest absolute Gasteiger partial charge is 0.453 e. The number of aromatic nitrogens is 4. The van der Waals surface area contributed by atoms with Crippen LogP contribution in [0.5, 0.6) is 5.75 Å². The molecule has 0 amide bonds. The van der Waals surface area contributed by atoms with Crippen LogP contribution in [0, 0.1) is 0 Å². The molecule has 0 unspecified atom stereocenters. The van der Waals surface area contributed by atoms with Gasteiger partial charge in [0.05, 0.1) is 7.11 Å². The standard InChI is InChI=1S/C13H9F3N4OS/c1-21-9-5-3-2-4-8(9)6-7-10-19-20-11(13(14,15)16)17-18-12(20)22-10/h2-7H,1H3/b7-6+. The summed E-state index contributed by atoms with van der Waals surface area (Å²) in [6.45, 7) is 0. The normalized spacial score (nSPS) is 12.4. The molecule has 0 saturated heterocycles. The van der Waals surface area contributed by atoms with Crippen LogP contribution in [0.2, 0.25) is 0 Å². The molecule has 0 atom stereocenters. The molecule has 0 aliphatic heterocycles. The van der Waals surface area contributed by atoms with Gasteiger partial charge in [-0.2, -0.15) is 22.8 Å². The third-order valence-corrected chi connectivity index (χ3v) is 3.67. The van der Waals surface area contributed by atoms with Crippen molar-refractivity contribution in [3.63, 3.8) is 0 Å². The molecule has 0 aliphatic rings. The fourth-order valence-corrected chi connectivity index (χ4v) is 2.58. The van der Waals surface area contributed by atoms with Crippen LogP contribution in [0.1, 0.15) is 16.4 Å². The van der Waals surface area contributed by atoms with Gasteiger partial charge in [0.15, 0.2) is 0 Å². The zero-order valence-electron chi connectivity index (χ0n) is 11.2. The number of methoxy groups -OCH3 is 1. The molecule has 3 rings (SSSR count). The van der Waals surface area contributed by atoms with Crippen LogP contribution >= 0.6 is 11.3 Å². The number of halogens is 3. The highest BCUT2D eigenvalue weighted by molar-refractivity contribution is 7.17. The quantitative estimate of drug-likeness (QED) is 0.740. The van der Waals surface area contributed by atoms with Crippen LogP contribution in [0.15, 0.2) is 24.3 Å². The fourth-order valence-electron chi connectivity index (χ4n) is 1.84. The highest BCUT2D eigenvalue weighted by Crippen LogP contribution is 2.29. The first kappa shape index (κ1) is 14.5. The van der Waals surface area contributed by atoms with E-state index in [4.69, 9.17) is 4.74 Å². The predicted octanol–water partition coefficient (Wildman–Crippen LogP) is 3.38. The van der Waals surface area contributed by atoms with Crippen molar-refractivity contribution in [1.29, 1.82) is 0 Å². The number of fused-ring (bicyclic) bond motifs is 1. The lowest BCUT2D eigenvalue weighted by Crippen LogP contribution is -2.11. The first-order valence-electron chi connectivity index (χ1n) is 6.09. The van der Waals surface area contributed by atoms with Gasteiger partial charge in [0, 0.05) is 5.56 Å². The molecule has 5 nitrogen and oxygen atoms in total. The third kappa shape index (κ3) is 2.67. The highest BCUT2D eigenvalue weighted by atomic mass is 32.1. The van der Waals surface area contributed by atoms with Gasteiger partial charge < -0.3 is 4.74 Å². The Balaban J connectivity index is 1.95. The summed E-state index contributed by atoms with van der Waals surface area (Å²) >= 11 is 1.02. The molecular formula is C13H9F3N4OS. The molecule has 0 aliphatic carbocycles. The Kier molecular flexibility index (Phi) is 3.57. The van der Waals surface area contributed by atoms with Gasteiger partial charge >= 0.3 is 6.18 Å². The average Bonchev–Trinajstić information content (AvgIpc) is 3.04. The van der Waals surface area contributed by atoms with E-state index in [1.807, 2.05) is 18.2 Å². The van der Waals surface area contributed by atoms with Crippen molar-refractivity contribution in [1.82, 2.24) is 19.8 Å².